The van der Waals surface area contributed by atoms with Crippen molar-refractivity contribution in [3.8, 4) is 11.1 Å². The second-order valence-electron chi connectivity index (χ2n) is 9.68. The summed E-state index contributed by atoms with van der Waals surface area (Å²) in [7, 11) is 0. The molecular weight excluding hydrogens is 522 g/mol. The van der Waals surface area contributed by atoms with E-state index in [1.807, 2.05) is 36.4 Å². The number of unbranched alkanes of at least 4 members (excludes halogenated alkanes) is 1. The van der Waals surface area contributed by atoms with Crippen LogP contribution in [0.4, 0.5) is 15.3 Å². The van der Waals surface area contributed by atoms with Gasteiger partial charge in [0.1, 0.15) is 19.3 Å². The van der Waals surface area contributed by atoms with Crippen molar-refractivity contribution in [3.05, 3.63) is 102 Å². The van der Waals surface area contributed by atoms with E-state index in [9.17, 15) is 19.5 Å². The Hall–Kier alpha value is -4.63. The first-order valence-corrected chi connectivity index (χ1v) is 13.6. The predicted molar refractivity (Wildman–Crippen MR) is 156 cm³/mol. The van der Waals surface area contributed by atoms with Crippen molar-refractivity contribution >= 4 is 23.8 Å². The summed E-state index contributed by atoms with van der Waals surface area (Å²) in [6.07, 6.45) is 1.71. The van der Waals surface area contributed by atoms with Crippen molar-refractivity contribution in [2.75, 3.05) is 25.1 Å². The Balaban J connectivity index is 1.35. The van der Waals surface area contributed by atoms with Crippen LogP contribution in [0.1, 0.15) is 41.9 Å². The van der Waals surface area contributed by atoms with Gasteiger partial charge in [-0.05, 0) is 59.2 Å². The zero-order valence-corrected chi connectivity index (χ0v) is 22.8. The Labute approximate surface area is 239 Å². The van der Waals surface area contributed by atoms with Crippen molar-refractivity contribution in [2.45, 2.75) is 37.8 Å². The summed E-state index contributed by atoms with van der Waals surface area (Å²) < 4.78 is 10.5. The monoisotopic (exact) mass is 557 g/mol. The molecule has 0 saturated heterocycles. The molecule has 4 rings (SSSR count). The smallest absolute Gasteiger partial charge is 0.407 e. The third-order valence-electron chi connectivity index (χ3n) is 6.88. The summed E-state index contributed by atoms with van der Waals surface area (Å²) in [6, 6.07) is 22.1. The van der Waals surface area contributed by atoms with Gasteiger partial charge in [-0.2, -0.15) is 0 Å². The molecule has 3 aromatic rings. The lowest BCUT2D eigenvalue weighted by molar-refractivity contribution is -0.118. The summed E-state index contributed by atoms with van der Waals surface area (Å²) >= 11 is 0. The van der Waals surface area contributed by atoms with E-state index in [-0.39, 0.29) is 25.7 Å². The van der Waals surface area contributed by atoms with Gasteiger partial charge < -0.3 is 30.5 Å². The fourth-order valence-electron chi connectivity index (χ4n) is 4.82. The number of rotatable bonds is 13. The largest absolute Gasteiger partial charge is 0.449 e. The van der Waals surface area contributed by atoms with Crippen molar-refractivity contribution in [1.82, 2.24) is 10.6 Å². The second-order valence-corrected chi connectivity index (χ2v) is 9.68. The van der Waals surface area contributed by atoms with Gasteiger partial charge in [-0.25, -0.2) is 9.59 Å². The zero-order valence-electron chi connectivity index (χ0n) is 22.8. The van der Waals surface area contributed by atoms with Gasteiger partial charge in [0.05, 0.1) is 6.61 Å². The molecule has 3 aromatic carbocycles. The molecule has 41 heavy (non-hydrogen) atoms. The highest BCUT2D eigenvalue weighted by Crippen LogP contribution is 2.44. The molecule has 9 nitrogen and oxygen atoms in total. The summed E-state index contributed by atoms with van der Waals surface area (Å²) in [6.45, 7) is 4.01. The number of fused-ring (bicyclic) bond motifs is 3. The molecular formula is C32H35N3O6. The predicted octanol–water partition coefficient (Wildman–Crippen LogP) is 5.11. The van der Waals surface area contributed by atoms with Gasteiger partial charge in [-0.1, -0.05) is 73.3 Å². The van der Waals surface area contributed by atoms with Gasteiger partial charge in [-0.3, -0.25) is 4.79 Å². The van der Waals surface area contributed by atoms with E-state index in [4.69, 9.17) is 9.47 Å². The third-order valence-corrected chi connectivity index (χ3v) is 6.88. The van der Waals surface area contributed by atoms with E-state index in [2.05, 4.69) is 34.7 Å². The first-order valence-electron chi connectivity index (χ1n) is 13.6. The molecule has 0 saturated carbocycles. The molecule has 0 bridgehead atoms. The van der Waals surface area contributed by atoms with Crippen molar-refractivity contribution < 1.29 is 29.0 Å². The average Bonchev–Trinajstić information content (AvgIpc) is 3.32. The van der Waals surface area contributed by atoms with E-state index in [0.29, 0.717) is 31.5 Å². The van der Waals surface area contributed by atoms with Crippen molar-refractivity contribution in [1.29, 1.82) is 0 Å². The SMILES string of the molecule is C=CCOC(=O)NCCCCC(NC(=O)OCC1c2ccccc2-c2ccccc21)C(=O)Nc1ccc(CO)cc1. The summed E-state index contributed by atoms with van der Waals surface area (Å²) in [5.41, 5.74) is 5.71. The normalized spacial score (nSPS) is 12.4. The Morgan fingerprint density at radius 1 is 0.878 bits per heavy atom. The first-order chi connectivity index (χ1) is 20.0. The molecule has 0 radical (unpaired) electrons. The molecule has 1 aliphatic carbocycles. The highest BCUT2D eigenvalue weighted by atomic mass is 16.6. The number of anilines is 1. The minimum atomic E-state index is -0.865. The Morgan fingerprint density at radius 2 is 1.54 bits per heavy atom. The molecule has 4 N–H and O–H groups in total. The number of amides is 3. The molecule has 1 atom stereocenters. The minimum absolute atomic E-state index is 0.0996. The van der Waals surface area contributed by atoms with Crippen LogP contribution in [0.2, 0.25) is 0 Å². The standard InChI is InChI=1S/C32H35N3O6/c1-2-19-40-31(38)33-18-8-7-13-29(30(37)34-23-16-14-22(20-36)15-17-23)35-32(39)41-21-28-26-11-5-3-9-24(26)25-10-4-6-12-27(25)28/h2-6,9-12,14-17,28-29,36H,1,7-8,13,18-21H2,(H,33,38)(H,34,37)(H,35,39). The number of alkyl carbamates (subject to hydrolysis) is 2. The second kappa shape index (κ2) is 14.7. The van der Waals surface area contributed by atoms with Gasteiger partial charge >= 0.3 is 12.2 Å². The van der Waals surface area contributed by atoms with Gasteiger partial charge in [0.15, 0.2) is 0 Å². The maximum Gasteiger partial charge on any atom is 0.407 e. The van der Waals surface area contributed by atoms with Crippen LogP contribution in [0.15, 0.2) is 85.5 Å². The van der Waals surface area contributed by atoms with E-state index in [1.54, 1.807) is 24.3 Å². The van der Waals surface area contributed by atoms with Gasteiger partial charge in [0.25, 0.3) is 0 Å². The van der Waals surface area contributed by atoms with Crippen LogP contribution in [0, 0.1) is 0 Å². The Bertz CT molecular complexity index is 1310. The molecule has 0 aliphatic heterocycles. The average molecular weight is 558 g/mol. The fourth-order valence-corrected chi connectivity index (χ4v) is 4.82. The summed E-state index contributed by atoms with van der Waals surface area (Å²) in [5.74, 6) is -0.494. The lowest BCUT2D eigenvalue weighted by Gasteiger charge is -2.20. The van der Waals surface area contributed by atoms with E-state index in [0.717, 1.165) is 27.8 Å². The van der Waals surface area contributed by atoms with Crippen LogP contribution >= 0.6 is 0 Å². The number of aliphatic hydroxyl groups excluding tert-OH is 1. The molecule has 0 heterocycles. The Morgan fingerprint density at radius 3 is 2.17 bits per heavy atom. The van der Waals surface area contributed by atoms with Crippen LogP contribution in [0.3, 0.4) is 0 Å². The molecule has 0 spiro atoms. The number of aliphatic hydroxyl groups is 1. The van der Waals surface area contributed by atoms with Crippen LogP contribution < -0.4 is 16.0 Å². The quantitative estimate of drug-likeness (QED) is 0.171. The van der Waals surface area contributed by atoms with Crippen molar-refractivity contribution in [2.24, 2.45) is 0 Å². The summed E-state index contributed by atoms with van der Waals surface area (Å²) in [5, 5.41) is 17.4. The lowest BCUT2D eigenvalue weighted by atomic mass is 9.98. The van der Waals surface area contributed by atoms with Gasteiger partial charge in [0, 0.05) is 18.2 Å². The number of carbonyl (C=O) groups is 3. The highest BCUT2D eigenvalue weighted by Gasteiger charge is 2.29. The van der Waals surface area contributed by atoms with Crippen LogP contribution in [0.5, 0.6) is 0 Å². The molecule has 1 unspecified atom stereocenters. The lowest BCUT2D eigenvalue weighted by Crippen LogP contribution is -2.44. The molecule has 0 aromatic heterocycles. The van der Waals surface area contributed by atoms with Gasteiger partial charge in [-0.15, -0.1) is 0 Å². The highest BCUT2D eigenvalue weighted by molar-refractivity contribution is 5.96. The fraction of sp³-hybridized carbons (Fsp3) is 0.281. The zero-order chi connectivity index (χ0) is 29.0. The van der Waals surface area contributed by atoms with Crippen LogP contribution in [-0.2, 0) is 20.9 Å². The Kier molecular flexibility index (Phi) is 10.5. The molecule has 3 amide bonds. The minimum Gasteiger partial charge on any atom is -0.449 e. The van der Waals surface area contributed by atoms with E-state index >= 15 is 0 Å². The van der Waals surface area contributed by atoms with E-state index in [1.165, 1.54) is 6.08 Å². The molecule has 9 heteroatoms. The maximum atomic E-state index is 13.2. The van der Waals surface area contributed by atoms with Crippen molar-refractivity contribution in [3.63, 3.8) is 0 Å². The molecule has 214 valence electrons. The maximum absolute atomic E-state index is 13.2. The molecule has 1 aliphatic rings. The molecule has 0 fully saturated rings. The number of ether oxygens (including phenoxy) is 2. The number of hydrogen-bond donors (Lipinski definition) is 4. The number of benzene rings is 3. The number of nitrogens with one attached hydrogen (secondary N) is 3. The van der Waals surface area contributed by atoms with E-state index < -0.39 is 24.1 Å². The van der Waals surface area contributed by atoms with Crippen LogP contribution in [-0.4, -0.2) is 49.0 Å². The van der Waals surface area contributed by atoms with Gasteiger partial charge in [0.2, 0.25) is 5.91 Å². The summed E-state index contributed by atoms with van der Waals surface area (Å²) in [4.78, 5) is 37.7. The number of carbonyl (C=O) groups excluding carboxylic acids is 3. The first kappa shape index (κ1) is 29.4. The number of hydrogen-bond acceptors (Lipinski definition) is 6. The topological polar surface area (TPSA) is 126 Å². The van der Waals surface area contributed by atoms with Crippen LogP contribution in [0.25, 0.3) is 11.1 Å². The third kappa shape index (κ3) is 7.95.